The van der Waals surface area contributed by atoms with Crippen LogP contribution >= 0.6 is 11.3 Å². The van der Waals surface area contributed by atoms with Crippen molar-refractivity contribution in [3.05, 3.63) is 45.5 Å². The van der Waals surface area contributed by atoms with Crippen LogP contribution in [0.25, 0.3) is 10.2 Å². The zero-order chi connectivity index (χ0) is 19.7. The Labute approximate surface area is 160 Å². The number of methoxy groups -OCH3 is 1. The smallest absolute Gasteiger partial charge is 0.325 e. The Morgan fingerprint density at radius 2 is 1.96 bits per heavy atom. The normalized spacial score (nSPS) is 12.0. The fourth-order valence-electron chi connectivity index (χ4n) is 3.02. The number of thiazole rings is 1. The van der Waals surface area contributed by atoms with E-state index in [4.69, 9.17) is 4.74 Å². The van der Waals surface area contributed by atoms with Gasteiger partial charge >= 0.3 is 5.97 Å². The Hall–Kier alpha value is -2.74. The van der Waals surface area contributed by atoms with E-state index in [1.54, 1.807) is 15.3 Å². The summed E-state index contributed by atoms with van der Waals surface area (Å²) >= 11 is 1.38. The lowest BCUT2D eigenvalue weighted by molar-refractivity contribution is -0.141. The van der Waals surface area contributed by atoms with Crippen molar-refractivity contribution in [3.63, 3.8) is 0 Å². The van der Waals surface area contributed by atoms with Crippen molar-refractivity contribution in [1.29, 1.82) is 0 Å². The number of nitrogens with zero attached hydrogens (tertiary/aromatic N) is 4. The van der Waals surface area contributed by atoms with Crippen LogP contribution in [0.15, 0.2) is 23.2 Å². The topological polar surface area (TPSA) is 78.5 Å². The van der Waals surface area contributed by atoms with E-state index in [2.05, 4.69) is 16.2 Å². The molecule has 0 aliphatic heterocycles. The number of aromatic nitrogens is 3. The molecular weight excluding hydrogens is 364 g/mol. The van der Waals surface area contributed by atoms with E-state index in [1.165, 1.54) is 18.4 Å². The summed E-state index contributed by atoms with van der Waals surface area (Å²) < 4.78 is 9.29. The Morgan fingerprint density at radius 1 is 1.22 bits per heavy atom. The van der Waals surface area contributed by atoms with Gasteiger partial charge in [0.05, 0.1) is 17.3 Å². The van der Waals surface area contributed by atoms with Crippen molar-refractivity contribution >= 4 is 33.4 Å². The molecule has 0 saturated carbocycles. The van der Waals surface area contributed by atoms with Crippen molar-refractivity contribution < 1.29 is 14.3 Å². The lowest BCUT2D eigenvalue weighted by Gasteiger charge is -2.05. The molecule has 1 aromatic carbocycles. The van der Waals surface area contributed by atoms with Gasteiger partial charge in [0.25, 0.3) is 5.91 Å². The van der Waals surface area contributed by atoms with Crippen LogP contribution in [0.5, 0.6) is 0 Å². The zero-order valence-electron chi connectivity index (χ0n) is 16.1. The number of aryl methyl sites for hydroxylation is 4. The largest absolute Gasteiger partial charge is 0.468 e. The summed E-state index contributed by atoms with van der Waals surface area (Å²) in [7, 11) is 1.34. The maximum atomic E-state index is 12.7. The van der Waals surface area contributed by atoms with Crippen LogP contribution in [0.4, 0.5) is 0 Å². The highest BCUT2D eigenvalue weighted by molar-refractivity contribution is 7.16. The second kappa shape index (κ2) is 7.48. The fourth-order valence-corrected chi connectivity index (χ4v) is 4.10. The van der Waals surface area contributed by atoms with Crippen molar-refractivity contribution in [2.45, 2.75) is 40.8 Å². The lowest BCUT2D eigenvalue weighted by atomic mass is 10.1. The number of ether oxygens (including phenoxy) is 1. The van der Waals surface area contributed by atoms with Gasteiger partial charge in [-0.15, -0.1) is 0 Å². The summed E-state index contributed by atoms with van der Waals surface area (Å²) in [6.45, 7) is 8.54. The first kappa shape index (κ1) is 19.0. The molecule has 0 spiro atoms. The standard InChI is InChI=1S/C19H22N4O3S/c1-6-23-13(4)9-14(21-23)18(25)20-19-22(10-16(24)26-5)15-8-11(2)7-12(3)17(15)27-19/h7-9H,6,10H2,1-5H3. The van der Waals surface area contributed by atoms with Gasteiger partial charge in [0.2, 0.25) is 0 Å². The number of rotatable bonds is 4. The number of carbonyl (C=O) groups is 2. The number of amides is 1. The van der Waals surface area contributed by atoms with Crippen LogP contribution < -0.4 is 4.80 Å². The second-order valence-corrected chi connectivity index (χ2v) is 7.36. The number of fused-ring (bicyclic) bond motifs is 1. The second-order valence-electron chi connectivity index (χ2n) is 6.38. The summed E-state index contributed by atoms with van der Waals surface area (Å²) in [5.74, 6) is -0.821. The predicted molar refractivity (Wildman–Crippen MR) is 104 cm³/mol. The summed E-state index contributed by atoms with van der Waals surface area (Å²) in [4.78, 5) is 29.3. The third-order valence-electron chi connectivity index (χ3n) is 4.33. The molecule has 1 amide bonds. The molecule has 0 fully saturated rings. The predicted octanol–water partition coefficient (Wildman–Crippen LogP) is 2.76. The molecule has 142 valence electrons. The molecule has 0 saturated heterocycles. The zero-order valence-corrected chi connectivity index (χ0v) is 16.9. The monoisotopic (exact) mass is 386 g/mol. The average molecular weight is 386 g/mol. The third-order valence-corrected chi connectivity index (χ3v) is 5.56. The summed E-state index contributed by atoms with van der Waals surface area (Å²) in [5.41, 5.74) is 4.22. The molecule has 0 aliphatic carbocycles. The molecule has 2 heterocycles. The van der Waals surface area contributed by atoms with Crippen molar-refractivity contribution in [3.8, 4) is 0 Å². The van der Waals surface area contributed by atoms with Gasteiger partial charge in [-0.3, -0.25) is 14.3 Å². The van der Waals surface area contributed by atoms with E-state index in [0.29, 0.717) is 17.0 Å². The molecule has 2 aromatic heterocycles. The highest BCUT2D eigenvalue weighted by Gasteiger charge is 2.16. The molecular formula is C19H22N4O3S. The van der Waals surface area contributed by atoms with Gasteiger partial charge in [-0.25, -0.2) is 0 Å². The van der Waals surface area contributed by atoms with Gasteiger partial charge in [0.1, 0.15) is 6.54 Å². The number of esters is 1. The number of benzene rings is 1. The SMILES string of the molecule is CCn1nc(C(=O)N=c2sc3c(C)cc(C)cc3n2CC(=O)OC)cc1C. The molecule has 0 bridgehead atoms. The Bertz CT molecular complexity index is 1100. The minimum atomic E-state index is -0.426. The summed E-state index contributed by atoms with van der Waals surface area (Å²) in [6, 6.07) is 5.78. The maximum absolute atomic E-state index is 12.7. The van der Waals surface area contributed by atoms with Gasteiger partial charge in [-0.1, -0.05) is 17.4 Å². The first-order valence-corrected chi connectivity index (χ1v) is 9.46. The molecule has 0 radical (unpaired) electrons. The minimum absolute atomic E-state index is 0.00602. The van der Waals surface area contributed by atoms with E-state index >= 15 is 0 Å². The molecule has 0 unspecified atom stereocenters. The first-order valence-electron chi connectivity index (χ1n) is 8.65. The van der Waals surface area contributed by atoms with Gasteiger partial charge in [0, 0.05) is 12.2 Å². The number of hydrogen-bond acceptors (Lipinski definition) is 5. The molecule has 8 heteroatoms. The maximum Gasteiger partial charge on any atom is 0.325 e. The highest BCUT2D eigenvalue weighted by atomic mass is 32.1. The van der Waals surface area contributed by atoms with E-state index in [1.807, 2.05) is 33.8 Å². The van der Waals surface area contributed by atoms with Crippen LogP contribution in [0, 0.1) is 20.8 Å². The van der Waals surface area contributed by atoms with Crippen molar-refractivity contribution in [2.75, 3.05) is 7.11 Å². The molecule has 0 aliphatic rings. The van der Waals surface area contributed by atoms with Crippen LogP contribution in [0.2, 0.25) is 0 Å². The van der Waals surface area contributed by atoms with Crippen LogP contribution in [0.1, 0.15) is 34.2 Å². The van der Waals surface area contributed by atoms with E-state index in [-0.39, 0.29) is 6.54 Å². The number of carbonyl (C=O) groups excluding carboxylic acids is 2. The van der Waals surface area contributed by atoms with Gasteiger partial charge < -0.3 is 9.30 Å². The first-order chi connectivity index (χ1) is 12.8. The van der Waals surface area contributed by atoms with Gasteiger partial charge in [-0.05, 0) is 51.0 Å². The third kappa shape index (κ3) is 3.71. The lowest BCUT2D eigenvalue weighted by Crippen LogP contribution is -2.22. The van der Waals surface area contributed by atoms with E-state index < -0.39 is 11.9 Å². The molecule has 0 atom stereocenters. The minimum Gasteiger partial charge on any atom is -0.468 e. The molecule has 3 aromatic rings. The van der Waals surface area contributed by atoms with E-state index in [0.717, 1.165) is 27.0 Å². The fraction of sp³-hybridized carbons (Fsp3) is 0.368. The van der Waals surface area contributed by atoms with Gasteiger partial charge in [0.15, 0.2) is 10.5 Å². The molecule has 27 heavy (non-hydrogen) atoms. The van der Waals surface area contributed by atoms with Crippen LogP contribution in [0.3, 0.4) is 0 Å². The van der Waals surface area contributed by atoms with Crippen LogP contribution in [-0.2, 0) is 22.6 Å². The van der Waals surface area contributed by atoms with Crippen LogP contribution in [-0.4, -0.2) is 33.3 Å². The Kier molecular flexibility index (Phi) is 5.27. The van der Waals surface area contributed by atoms with Crippen molar-refractivity contribution in [2.24, 2.45) is 4.99 Å². The Morgan fingerprint density at radius 3 is 2.59 bits per heavy atom. The summed E-state index contributed by atoms with van der Waals surface area (Å²) in [6.07, 6.45) is 0. The molecule has 7 nitrogen and oxygen atoms in total. The van der Waals surface area contributed by atoms with E-state index in [9.17, 15) is 9.59 Å². The van der Waals surface area contributed by atoms with Gasteiger partial charge in [-0.2, -0.15) is 10.1 Å². The highest BCUT2D eigenvalue weighted by Crippen LogP contribution is 2.23. The quantitative estimate of drug-likeness (QED) is 0.646. The molecule has 0 N–H and O–H groups in total. The summed E-state index contributed by atoms with van der Waals surface area (Å²) in [5, 5.41) is 4.29. The Balaban J connectivity index is 2.17. The average Bonchev–Trinajstić information content (AvgIpc) is 3.16. The molecule has 3 rings (SSSR count). The number of hydrogen-bond donors (Lipinski definition) is 0. The van der Waals surface area contributed by atoms with Crippen molar-refractivity contribution in [1.82, 2.24) is 14.3 Å².